The first-order valence-corrected chi connectivity index (χ1v) is 6.28. The number of aliphatic hydroxyl groups is 1. The van der Waals surface area contributed by atoms with Gasteiger partial charge in [0.1, 0.15) is 0 Å². The molecule has 1 aromatic rings. The van der Waals surface area contributed by atoms with E-state index in [4.69, 9.17) is 5.11 Å². The van der Waals surface area contributed by atoms with Crippen LogP contribution in [0.3, 0.4) is 0 Å². The summed E-state index contributed by atoms with van der Waals surface area (Å²) >= 11 is 1.90. The molecule has 0 spiro atoms. The summed E-state index contributed by atoms with van der Waals surface area (Å²) < 4.78 is 0. The standard InChI is InChI=1S/C12H17NOS/c1-9-4-3-5-11-12(9)13(2)10(6-7-14)8-15-11/h3-5,10,14H,6-8H2,1-2H3. The van der Waals surface area contributed by atoms with E-state index in [-0.39, 0.29) is 6.61 Å². The van der Waals surface area contributed by atoms with Crippen molar-refractivity contribution in [2.75, 3.05) is 24.3 Å². The van der Waals surface area contributed by atoms with Crippen LogP contribution < -0.4 is 4.90 Å². The minimum atomic E-state index is 0.275. The summed E-state index contributed by atoms with van der Waals surface area (Å²) in [5.74, 6) is 1.08. The molecule has 1 aliphatic rings. The van der Waals surface area contributed by atoms with Gasteiger partial charge in [0.15, 0.2) is 0 Å². The number of nitrogens with zero attached hydrogens (tertiary/aromatic N) is 1. The number of thioether (sulfide) groups is 1. The average molecular weight is 223 g/mol. The van der Waals surface area contributed by atoms with Crippen molar-refractivity contribution >= 4 is 17.4 Å². The number of aliphatic hydroxyl groups excluding tert-OH is 1. The van der Waals surface area contributed by atoms with Crippen LogP contribution >= 0.6 is 11.8 Å². The molecule has 0 amide bonds. The molecule has 2 rings (SSSR count). The molecule has 1 atom stereocenters. The maximum Gasteiger partial charge on any atom is 0.0534 e. The van der Waals surface area contributed by atoms with Gasteiger partial charge in [-0.15, -0.1) is 11.8 Å². The Morgan fingerprint density at radius 2 is 2.33 bits per heavy atom. The topological polar surface area (TPSA) is 23.5 Å². The van der Waals surface area contributed by atoms with Crippen LogP contribution in [0.4, 0.5) is 5.69 Å². The fourth-order valence-electron chi connectivity index (χ4n) is 2.11. The summed E-state index contributed by atoms with van der Waals surface area (Å²) in [5.41, 5.74) is 2.66. The number of benzene rings is 1. The van der Waals surface area contributed by atoms with Crippen LogP contribution in [0.15, 0.2) is 23.1 Å². The minimum Gasteiger partial charge on any atom is -0.396 e. The number of hydrogen-bond donors (Lipinski definition) is 1. The first kappa shape index (κ1) is 10.8. The van der Waals surface area contributed by atoms with Gasteiger partial charge in [0.2, 0.25) is 0 Å². The first-order valence-electron chi connectivity index (χ1n) is 5.30. The van der Waals surface area contributed by atoms with E-state index in [2.05, 4.69) is 37.1 Å². The lowest BCUT2D eigenvalue weighted by molar-refractivity contribution is 0.278. The van der Waals surface area contributed by atoms with Crippen molar-refractivity contribution in [2.45, 2.75) is 24.3 Å². The fourth-order valence-corrected chi connectivity index (χ4v) is 3.49. The highest BCUT2D eigenvalue weighted by atomic mass is 32.2. The molecule has 15 heavy (non-hydrogen) atoms. The van der Waals surface area contributed by atoms with Crippen molar-refractivity contribution in [3.8, 4) is 0 Å². The van der Waals surface area contributed by atoms with E-state index >= 15 is 0 Å². The molecule has 1 heterocycles. The van der Waals surface area contributed by atoms with E-state index in [1.54, 1.807) is 0 Å². The predicted molar refractivity (Wildman–Crippen MR) is 65.8 cm³/mol. The number of aryl methyl sites for hydroxylation is 1. The summed E-state index contributed by atoms with van der Waals surface area (Å²) in [6.45, 7) is 2.42. The van der Waals surface area contributed by atoms with Gasteiger partial charge in [-0.3, -0.25) is 0 Å². The number of para-hydroxylation sites is 1. The highest BCUT2D eigenvalue weighted by Crippen LogP contribution is 2.39. The normalized spacial score (nSPS) is 20.2. The maximum absolute atomic E-state index is 9.02. The van der Waals surface area contributed by atoms with Crippen molar-refractivity contribution in [2.24, 2.45) is 0 Å². The molecular formula is C12H17NOS. The summed E-state index contributed by atoms with van der Waals surface area (Å²) in [4.78, 5) is 3.68. The second-order valence-corrected chi connectivity index (χ2v) is 5.07. The SMILES string of the molecule is Cc1cccc2c1N(C)C(CCO)CS2. The summed E-state index contributed by atoms with van der Waals surface area (Å²) in [5, 5.41) is 9.02. The molecule has 1 aliphatic heterocycles. The molecule has 3 heteroatoms. The largest absolute Gasteiger partial charge is 0.396 e. The lowest BCUT2D eigenvalue weighted by Gasteiger charge is -2.36. The van der Waals surface area contributed by atoms with Crippen LogP contribution in [0.25, 0.3) is 0 Å². The molecule has 1 N–H and O–H groups in total. The molecular weight excluding hydrogens is 206 g/mol. The lowest BCUT2D eigenvalue weighted by atomic mass is 10.1. The molecule has 1 aromatic carbocycles. The molecule has 0 saturated carbocycles. The Hall–Kier alpha value is -0.670. The minimum absolute atomic E-state index is 0.275. The quantitative estimate of drug-likeness (QED) is 0.832. The molecule has 0 saturated heterocycles. The van der Waals surface area contributed by atoms with E-state index in [9.17, 15) is 0 Å². The van der Waals surface area contributed by atoms with E-state index < -0.39 is 0 Å². The van der Waals surface area contributed by atoms with Gasteiger partial charge in [-0.25, -0.2) is 0 Å². The van der Waals surface area contributed by atoms with Crippen molar-refractivity contribution in [3.05, 3.63) is 23.8 Å². The predicted octanol–water partition coefficient (Wildman–Crippen LogP) is 2.29. The van der Waals surface area contributed by atoms with E-state index in [1.165, 1.54) is 16.1 Å². The van der Waals surface area contributed by atoms with E-state index in [0.29, 0.717) is 6.04 Å². The Kier molecular flexibility index (Phi) is 3.22. The van der Waals surface area contributed by atoms with Crippen molar-refractivity contribution in [1.29, 1.82) is 0 Å². The van der Waals surface area contributed by atoms with E-state index in [1.807, 2.05) is 11.8 Å². The molecule has 1 unspecified atom stereocenters. The zero-order valence-corrected chi connectivity index (χ0v) is 10.0. The number of rotatable bonds is 2. The summed E-state index contributed by atoms with van der Waals surface area (Å²) in [6.07, 6.45) is 0.858. The zero-order chi connectivity index (χ0) is 10.8. The Morgan fingerprint density at radius 1 is 1.53 bits per heavy atom. The van der Waals surface area contributed by atoms with Crippen molar-refractivity contribution in [3.63, 3.8) is 0 Å². The second-order valence-electron chi connectivity index (χ2n) is 4.01. The average Bonchev–Trinajstić information content (AvgIpc) is 2.22. The molecule has 0 bridgehead atoms. The molecule has 0 aromatic heterocycles. The molecule has 0 radical (unpaired) electrons. The summed E-state index contributed by atoms with van der Waals surface area (Å²) in [6, 6.07) is 6.91. The third kappa shape index (κ3) is 1.99. The van der Waals surface area contributed by atoms with Gasteiger partial charge in [-0.05, 0) is 25.0 Å². The van der Waals surface area contributed by atoms with Gasteiger partial charge in [-0.1, -0.05) is 12.1 Å². The van der Waals surface area contributed by atoms with Crippen LogP contribution in [0.1, 0.15) is 12.0 Å². The third-order valence-electron chi connectivity index (χ3n) is 2.99. The van der Waals surface area contributed by atoms with Crippen LogP contribution in [-0.2, 0) is 0 Å². The second kappa shape index (κ2) is 4.45. The number of hydrogen-bond acceptors (Lipinski definition) is 3. The van der Waals surface area contributed by atoms with Gasteiger partial charge in [0.05, 0.1) is 5.69 Å². The summed E-state index contributed by atoms with van der Waals surface area (Å²) in [7, 11) is 2.13. The molecule has 82 valence electrons. The van der Waals surface area contributed by atoms with E-state index in [0.717, 1.165) is 12.2 Å². The zero-order valence-electron chi connectivity index (χ0n) is 9.23. The van der Waals surface area contributed by atoms with Crippen LogP contribution in [0.2, 0.25) is 0 Å². The smallest absolute Gasteiger partial charge is 0.0534 e. The van der Waals surface area contributed by atoms with Gasteiger partial charge in [0, 0.05) is 30.3 Å². The van der Waals surface area contributed by atoms with Gasteiger partial charge < -0.3 is 10.0 Å². The van der Waals surface area contributed by atoms with Crippen LogP contribution in [0, 0.1) is 6.92 Å². The van der Waals surface area contributed by atoms with Crippen LogP contribution in [0.5, 0.6) is 0 Å². The van der Waals surface area contributed by atoms with Gasteiger partial charge in [0.25, 0.3) is 0 Å². The monoisotopic (exact) mass is 223 g/mol. The fraction of sp³-hybridized carbons (Fsp3) is 0.500. The Balaban J connectivity index is 2.32. The number of anilines is 1. The molecule has 2 nitrogen and oxygen atoms in total. The lowest BCUT2D eigenvalue weighted by Crippen LogP contribution is -2.37. The number of fused-ring (bicyclic) bond motifs is 1. The Morgan fingerprint density at radius 3 is 3.07 bits per heavy atom. The van der Waals surface area contributed by atoms with Gasteiger partial charge in [-0.2, -0.15) is 0 Å². The van der Waals surface area contributed by atoms with Crippen LogP contribution in [-0.4, -0.2) is 30.6 Å². The third-order valence-corrected chi connectivity index (χ3v) is 4.19. The van der Waals surface area contributed by atoms with Gasteiger partial charge >= 0.3 is 0 Å². The maximum atomic E-state index is 9.02. The highest BCUT2D eigenvalue weighted by molar-refractivity contribution is 7.99. The van der Waals surface area contributed by atoms with Crippen molar-refractivity contribution in [1.82, 2.24) is 0 Å². The Bertz CT molecular complexity index is 353. The first-order chi connectivity index (χ1) is 7.24. The molecule has 0 aliphatic carbocycles. The van der Waals surface area contributed by atoms with Crippen molar-refractivity contribution < 1.29 is 5.11 Å². The Labute approximate surface area is 95.3 Å². The highest BCUT2D eigenvalue weighted by Gasteiger charge is 2.24. The molecule has 0 fully saturated rings.